The van der Waals surface area contributed by atoms with Gasteiger partial charge in [-0.1, -0.05) is 12.2 Å². The average Bonchev–Trinajstić information content (AvgIpc) is 2.90. The summed E-state index contributed by atoms with van der Waals surface area (Å²) >= 11 is 0. The molecule has 2 rings (SSSR count). The van der Waals surface area contributed by atoms with Crippen molar-refractivity contribution in [2.45, 2.75) is 38.5 Å². The van der Waals surface area contributed by atoms with E-state index in [2.05, 4.69) is 17.5 Å². The van der Waals surface area contributed by atoms with E-state index in [0.717, 1.165) is 31.8 Å². The third kappa shape index (κ3) is 3.56. The standard InChI is InChI=1S/C14H24N2O/c15-9-11-5-7-12(8-6-11)10-16-14(17)13-3-1-2-4-13/h1-2,11-13H,3-10,15H2,(H,16,17). The summed E-state index contributed by atoms with van der Waals surface area (Å²) in [5.74, 6) is 1.85. The minimum atomic E-state index is 0.204. The lowest BCUT2D eigenvalue weighted by Gasteiger charge is -2.28. The van der Waals surface area contributed by atoms with Crippen molar-refractivity contribution in [3.63, 3.8) is 0 Å². The number of carbonyl (C=O) groups is 1. The number of carbonyl (C=O) groups excluding carboxylic acids is 1. The van der Waals surface area contributed by atoms with Gasteiger partial charge >= 0.3 is 0 Å². The summed E-state index contributed by atoms with van der Waals surface area (Å²) in [5, 5.41) is 3.12. The molecule has 0 aromatic carbocycles. The lowest BCUT2D eigenvalue weighted by atomic mass is 9.82. The maximum Gasteiger partial charge on any atom is 0.223 e. The summed E-state index contributed by atoms with van der Waals surface area (Å²) in [6.07, 6.45) is 11.0. The molecule has 0 heterocycles. The highest BCUT2D eigenvalue weighted by molar-refractivity contribution is 5.79. The lowest BCUT2D eigenvalue weighted by Crippen LogP contribution is -2.35. The molecule has 2 aliphatic rings. The molecule has 0 bridgehead atoms. The Morgan fingerprint density at radius 3 is 2.29 bits per heavy atom. The summed E-state index contributed by atoms with van der Waals surface area (Å²) in [6, 6.07) is 0. The molecule has 1 amide bonds. The molecule has 0 unspecified atom stereocenters. The van der Waals surface area contributed by atoms with Crippen molar-refractivity contribution in [3.8, 4) is 0 Å². The summed E-state index contributed by atoms with van der Waals surface area (Å²) in [7, 11) is 0. The van der Waals surface area contributed by atoms with Gasteiger partial charge in [0.1, 0.15) is 0 Å². The van der Waals surface area contributed by atoms with Crippen LogP contribution in [0.3, 0.4) is 0 Å². The van der Waals surface area contributed by atoms with Gasteiger partial charge in [-0.2, -0.15) is 0 Å². The first-order valence-corrected chi connectivity index (χ1v) is 6.92. The summed E-state index contributed by atoms with van der Waals surface area (Å²) in [6.45, 7) is 1.69. The van der Waals surface area contributed by atoms with Gasteiger partial charge in [-0.15, -0.1) is 0 Å². The predicted molar refractivity (Wildman–Crippen MR) is 69.4 cm³/mol. The Morgan fingerprint density at radius 2 is 1.71 bits per heavy atom. The first kappa shape index (κ1) is 12.6. The van der Waals surface area contributed by atoms with Gasteiger partial charge in [-0.05, 0) is 56.9 Å². The van der Waals surface area contributed by atoms with Crippen LogP contribution in [0.4, 0.5) is 0 Å². The van der Waals surface area contributed by atoms with E-state index in [-0.39, 0.29) is 11.8 Å². The Bertz CT molecular complexity index is 272. The van der Waals surface area contributed by atoms with Crippen LogP contribution in [0.2, 0.25) is 0 Å². The second-order valence-electron chi connectivity index (χ2n) is 5.51. The first-order valence-electron chi connectivity index (χ1n) is 6.92. The Morgan fingerprint density at radius 1 is 1.12 bits per heavy atom. The molecule has 0 saturated heterocycles. The highest BCUT2D eigenvalue weighted by atomic mass is 16.1. The van der Waals surface area contributed by atoms with E-state index in [1.165, 1.54) is 25.7 Å². The zero-order valence-electron chi connectivity index (χ0n) is 10.5. The van der Waals surface area contributed by atoms with Crippen molar-refractivity contribution in [1.82, 2.24) is 5.32 Å². The van der Waals surface area contributed by atoms with Crippen LogP contribution in [0.25, 0.3) is 0 Å². The maximum atomic E-state index is 11.8. The molecular formula is C14H24N2O. The molecule has 3 N–H and O–H groups in total. The molecule has 0 aromatic rings. The Balaban J connectivity index is 1.63. The number of hydrogen-bond acceptors (Lipinski definition) is 2. The fraction of sp³-hybridized carbons (Fsp3) is 0.786. The van der Waals surface area contributed by atoms with Crippen LogP contribution in [0, 0.1) is 17.8 Å². The highest BCUT2D eigenvalue weighted by Gasteiger charge is 2.23. The van der Waals surface area contributed by atoms with E-state index in [0.29, 0.717) is 5.92 Å². The second kappa shape index (κ2) is 6.20. The SMILES string of the molecule is NCC1CCC(CNC(=O)C2CC=CC2)CC1. The molecule has 0 spiro atoms. The molecule has 17 heavy (non-hydrogen) atoms. The van der Waals surface area contributed by atoms with Gasteiger partial charge in [0.05, 0.1) is 0 Å². The minimum absolute atomic E-state index is 0.204. The molecule has 0 aliphatic heterocycles. The van der Waals surface area contributed by atoms with Crippen LogP contribution in [0.15, 0.2) is 12.2 Å². The number of rotatable bonds is 4. The topological polar surface area (TPSA) is 55.1 Å². The van der Waals surface area contributed by atoms with E-state index in [9.17, 15) is 4.79 Å². The number of hydrogen-bond donors (Lipinski definition) is 2. The van der Waals surface area contributed by atoms with Crippen molar-refractivity contribution >= 4 is 5.91 Å². The smallest absolute Gasteiger partial charge is 0.223 e. The average molecular weight is 236 g/mol. The van der Waals surface area contributed by atoms with Gasteiger partial charge in [-0.3, -0.25) is 4.79 Å². The first-order chi connectivity index (χ1) is 8.29. The fourth-order valence-electron chi connectivity index (χ4n) is 2.89. The number of nitrogens with two attached hydrogens (primary N) is 1. The van der Waals surface area contributed by atoms with E-state index in [1.807, 2.05) is 0 Å². The summed E-state index contributed by atoms with van der Waals surface area (Å²) < 4.78 is 0. The Kier molecular flexibility index (Phi) is 4.60. The fourth-order valence-corrected chi connectivity index (χ4v) is 2.89. The van der Waals surface area contributed by atoms with Gasteiger partial charge in [-0.25, -0.2) is 0 Å². The zero-order chi connectivity index (χ0) is 12.1. The van der Waals surface area contributed by atoms with E-state index in [1.54, 1.807) is 0 Å². The normalized spacial score (nSPS) is 29.5. The monoisotopic (exact) mass is 236 g/mol. The molecule has 1 saturated carbocycles. The highest BCUT2D eigenvalue weighted by Crippen LogP contribution is 2.27. The van der Waals surface area contributed by atoms with Crippen LogP contribution in [0.1, 0.15) is 38.5 Å². The summed E-state index contributed by atoms with van der Waals surface area (Å²) in [5.41, 5.74) is 5.68. The van der Waals surface area contributed by atoms with Gasteiger partial charge in [0.2, 0.25) is 5.91 Å². The quantitative estimate of drug-likeness (QED) is 0.732. The molecule has 0 aromatic heterocycles. The molecule has 2 aliphatic carbocycles. The van der Waals surface area contributed by atoms with Gasteiger partial charge in [0.25, 0.3) is 0 Å². The van der Waals surface area contributed by atoms with E-state index >= 15 is 0 Å². The van der Waals surface area contributed by atoms with Crippen molar-refractivity contribution < 1.29 is 4.79 Å². The minimum Gasteiger partial charge on any atom is -0.356 e. The van der Waals surface area contributed by atoms with Gasteiger partial charge in [0, 0.05) is 12.5 Å². The molecule has 0 radical (unpaired) electrons. The van der Waals surface area contributed by atoms with Gasteiger partial charge in [0.15, 0.2) is 0 Å². The van der Waals surface area contributed by atoms with Crippen LogP contribution in [0.5, 0.6) is 0 Å². The van der Waals surface area contributed by atoms with Crippen molar-refractivity contribution in [2.75, 3.05) is 13.1 Å². The van der Waals surface area contributed by atoms with Crippen LogP contribution in [-0.4, -0.2) is 19.0 Å². The second-order valence-corrected chi connectivity index (χ2v) is 5.51. The van der Waals surface area contributed by atoms with Crippen molar-refractivity contribution in [1.29, 1.82) is 0 Å². The number of amides is 1. The van der Waals surface area contributed by atoms with Crippen LogP contribution < -0.4 is 11.1 Å². The van der Waals surface area contributed by atoms with Gasteiger partial charge < -0.3 is 11.1 Å². The number of nitrogens with one attached hydrogen (secondary N) is 1. The Hall–Kier alpha value is -0.830. The molecular weight excluding hydrogens is 212 g/mol. The van der Waals surface area contributed by atoms with Crippen LogP contribution in [-0.2, 0) is 4.79 Å². The largest absolute Gasteiger partial charge is 0.356 e. The number of allylic oxidation sites excluding steroid dienone is 2. The third-order valence-corrected chi connectivity index (χ3v) is 4.24. The maximum absolute atomic E-state index is 11.8. The van der Waals surface area contributed by atoms with Crippen LogP contribution >= 0.6 is 0 Å². The van der Waals surface area contributed by atoms with Crippen molar-refractivity contribution in [2.24, 2.45) is 23.5 Å². The van der Waals surface area contributed by atoms with E-state index < -0.39 is 0 Å². The molecule has 0 atom stereocenters. The molecule has 3 heteroatoms. The van der Waals surface area contributed by atoms with Crippen molar-refractivity contribution in [3.05, 3.63) is 12.2 Å². The molecule has 1 fully saturated rings. The lowest BCUT2D eigenvalue weighted by molar-refractivity contribution is -0.124. The predicted octanol–water partition coefficient (Wildman–Crippen LogP) is 1.83. The third-order valence-electron chi connectivity index (χ3n) is 4.24. The summed E-state index contributed by atoms with van der Waals surface area (Å²) in [4.78, 5) is 11.8. The van der Waals surface area contributed by atoms with E-state index in [4.69, 9.17) is 5.73 Å². The Labute approximate surface area is 104 Å². The zero-order valence-corrected chi connectivity index (χ0v) is 10.5. The molecule has 96 valence electrons. The molecule has 3 nitrogen and oxygen atoms in total.